The molecule has 3 heterocycles. The van der Waals surface area contributed by atoms with Gasteiger partial charge in [0.1, 0.15) is 5.82 Å². The zero-order valence-electron chi connectivity index (χ0n) is 15.4. The van der Waals surface area contributed by atoms with Gasteiger partial charge in [-0.3, -0.25) is 4.79 Å². The molecular formula is C19H29N3O3. The Morgan fingerprint density at radius 2 is 2.12 bits per heavy atom. The molecule has 1 aromatic heterocycles. The van der Waals surface area contributed by atoms with E-state index in [1.165, 1.54) is 0 Å². The molecule has 0 aliphatic carbocycles. The number of pyridine rings is 1. The van der Waals surface area contributed by atoms with Gasteiger partial charge in [0.2, 0.25) is 0 Å². The molecule has 0 saturated carbocycles. The smallest absolute Gasteiger partial charge is 0.257 e. The first kappa shape index (κ1) is 18.1. The number of nitrogens with zero attached hydrogens (tertiary/aromatic N) is 3. The van der Waals surface area contributed by atoms with E-state index in [2.05, 4.69) is 11.9 Å². The molecule has 6 nitrogen and oxygen atoms in total. The fourth-order valence-corrected chi connectivity index (χ4v) is 4.22. The van der Waals surface area contributed by atoms with Crippen LogP contribution in [0.1, 0.15) is 36.5 Å². The topological polar surface area (TPSA) is 65.9 Å². The number of hydrogen-bond acceptors (Lipinski definition) is 5. The van der Waals surface area contributed by atoms with Gasteiger partial charge in [-0.15, -0.1) is 0 Å². The van der Waals surface area contributed by atoms with Crippen LogP contribution in [0.15, 0.2) is 18.3 Å². The number of hydrogen-bond donors (Lipinski definition) is 1. The predicted octanol–water partition coefficient (Wildman–Crippen LogP) is 1.79. The summed E-state index contributed by atoms with van der Waals surface area (Å²) in [4.78, 5) is 21.1. The van der Waals surface area contributed by atoms with Crippen molar-refractivity contribution in [1.82, 2.24) is 9.88 Å². The Hall–Kier alpha value is -1.66. The number of anilines is 1. The Kier molecular flexibility index (Phi) is 5.29. The highest BCUT2D eigenvalue weighted by atomic mass is 16.5. The number of ether oxygens (including phenoxy) is 1. The van der Waals surface area contributed by atoms with Gasteiger partial charge in [0, 0.05) is 52.5 Å². The Morgan fingerprint density at radius 1 is 1.40 bits per heavy atom. The third-order valence-electron chi connectivity index (χ3n) is 5.79. The van der Waals surface area contributed by atoms with Gasteiger partial charge in [-0.25, -0.2) is 4.98 Å². The Balaban J connectivity index is 1.73. The second-order valence-electron chi connectivity index (χ2n) is 7.55. The summed E-state index contributed by atoms with van der Waals surface area (Å²) in [6.45, 7) is 4.67. The average molecular weight is 347 g/mol. The van der Waals surface area contributed by atoms with Gasteiger partial charge >= 0.3 is 0 Å². The maximum atomic E-state index is 13.0. The van der Waals surface area contributed by atoms with Crippen LogP contribution in [0.4, 0.5) is 5.82 Å². The summed E-state index contributed by atoms with van der Waals surface area (Å²) in [5, 5.41) is 11.3. The summed E-state index contributed by atoms with van der Waals surface area (Å²) >= 11 is 0. The lowest BCUT2D eigenvalue weighted by atomic mass is 9.70. The second kappa shape index (κ2) is 7.30. The number of rotatable bonds is 3. The number of piperidine rings is 1. The molecule has 2 saturated heterocycles. The van der Waals surface area contributed by atoms with E-state index >= 15 is 0 Å². The van der Waals surface area contributed by atoms with E-state index in [4.69, 9.17) is 4.74 Å². The van der Waals surface area contributed by atoms with Crippen LogP contribution >= 0.6 is 0 Å². The minimum Gasteiger partial charge on any atom is -0.389 e. The lowest BCUT2D eigenvalue weighted by Gasteiger charge is -2.48. The third kappa shape index (κ3) is 3.51. The van der Waals surface area contributed by atoms with E-state index in [0.717, 1.165) is 26.1 Å². The minimum absolute atomic E-state index is 0.00215. The number of aromatic nitrogens is 1. The molecule has 138 valence electrons. The van der Waals surface area contributed by atoms with E-state index in [1.54, 1.807) is 12.3 Å². The first-order chi connectivity index (χ1) is 11.9. The van der Waals surface area contributed by atoms with Crippen molar-refractivity contribution in [3.8, 4) is 0 Å². The van der Waals surface area contributed by atoms with Crippen LogP contribution in [0.3, 0.4) is 0 Å². The highest BCUT2D eigenvalue weighted by Crippen LogP contribution is 2.39. The van der Waals surface area contributed by atoms with Crippen LogP contribution in [0, 0.1) is 11.8 Å². The SMILES string of the molecule is CC1CN(C(=O)c2cccnc2N(C)C)CCC1(O)C1CCOCC1. The van der Waals surface area contributed by atoms with Gasteiger partial charge in [-0.05, 0) is 37.3 Å². The largest absolute Gasteiger partial charge is 0.389 e. The van der Waals surface area contributed by atoms with E-state index in [-0.39, 0.29) is 17.7 Å². The molecule has 2 atom stereocenters. The summed E-state index contributed by atoms with van der Waals surface area (Å²) < 4.78 is 5.44. The van der Waals surface area contributed by atoms with Gasteiger partial charge in [0.05, 0.1) is 11.2 Å². The quantitative estimate of drug-likeness (QED) is 0.903. The normalized spacial score (nSPS) is 28.0. The molecule has 3 rings (SSSR count). The molecule has 0 aromatic carbocycles. The van der Waals surface area contributed by atoms with Gasteiger partial charge < -0.3 is 19.6 Å². The lowest BCUT2D eigenvalue weighted by Crippen LogP contribution is -2.57. The predicted molar refractivity (Wildman–Crippen MR) is 96.7 cm³/mol. The molecule has 6 heteroatoms. The third-order valence-corrected chi connectivity index (χ3v) is 5.79. The number of carbonyl (C=O) groups is 1. The van der Waals surface area contributed by atoms with Gasteiger partial charge in [0.15, 0.2) is 0 Å². The first-order valence-corrected chi connectivity index (χ1v) is 9.15. The summed E-state index contributed by atoms with van der Waals surface area (Å²) in [5.74, 6) is 1.00. The summed E-state index contributed by atoms with van der Waals surface area (Å²) in [5.41, 5.74) is -0.0731. The van der Waals surface area contributed by atoms with E-state index < -0.39 is 5.60 Å². The van der Waals surface area contributed by atoms with Crippen molar-refractivity contribution in [2.45, 2.75) is 31.8 Å². The zero-order chi connectivity index (χ0) is 18.0. The summed E-state index contributed by atoms with van der Waals surface area (Å²) in [6.07, 6.45) is 4.14. The van der Waals surface area contributed by atoms with Crippen molar-refractivity contribution in [1.29, 1.82) is 0 Å². The molecule has 2 unspecified atom stereocenters. The maximum Gasteiger partial charge on any atom is 0.257 e. The number of amides is 1. The average Bonchev–Trinajstić information content (AvgIpc) is 2.64. The first-order valence-electron chi connectivity index (χ1n) is 9.15. The van der Waals surface area contributed by atoms with E-state index in [1.807, 2.05) is 30.0 Å². The van der Waals surface area contributed by atoms with Crippen molar-refractivity contribution >= 4 is 11.7 Å². The zero-order valence-corrected chi connectivity index (χ0v) is 15.4. The van der Waals surface area contributed by atoms with Crippen molar-refractivity contribution < 1.29 is 14.6 Å². The Morgan fingerprint density at radius 3 is 2.76 bits per heavy atom. The lowest BCUT2D eigenvalue weighted by molar-refractivity contribution is -0.125. The second-order valence-corrected chi connectivity index (χ2v) is 7.55. The number of carbonyl (C=O) groups excluding carboxylic acids is 1. The molecule has 1 aromatic rings. The number of likely N-dealkylation sites (tertiary alicyclic amines) is 1. The van der Waals surface area contributed by atoms with Crippen LogP contribution in [0.5, 0.6) is 0 Å². The molecule has 2 aliphatic rings. The molecule has 1 N–H and O–H groups in total. The summed E-state index contributed by atoms with van der Waals surface area (Å²) in [6, 6.07) is 3.63. The highest BCUT2D eigenvalue weighted by Gasteiger charge is 2.46. The monoisotopic (exact) mass is 347 g/mol. The van der Waals surface area contributed by atoms with Crippen molar-refractivity contribution in [3.05, 3.63) is 23.9 Å². The standard InChI is InChI=1S/C19H29N3O3/c1-14-13-22(10-8-19(14,24)15-6-11-25-12-7-15)18(23)16-5-4-9-20-17(16)21(2)3/h4-5,9,14-15,24H,6-8,10-13H2,1-3H3. The molecule has 0 radical (unpaired) electrons. The molecule has 0 bridgehead atoms. The van der Waals surface area contributed by atoms with E-state index in [0.29, 0.717) is 30.9 Å². The number of aliphatic hydroxyl groups is 1. The van der Waals surface area contributed by atoms with Crippen LogP contribution < -0.4 is 4.90 Å². The molecular weight excluding hydrogens is 318 g/mol. The van der Waals surface area contributed by atoms with Crippen LogP contribution in [0.25, 0.3) is 0 Å². The maximum absolute atomic E-state index is 13.0. The van der Waals surface area contributed by atoms with Crippen molar-refractivity contribution in [2.24, 2.45) is 11.8 Å². The van der Waals surface area contributed by atoms with Gasteiger partial charge in [-0.2, -0.15) is 0 Å². The van der Waals surface area contributed by atoms with Crippen molar-refractivity contribution in [2.75, 3.05) is 45.3 Å². The summed E-state index contributed by atoms with van der Waals surface area (Å²) in [7, 11) is 3.78. The minimum atomic E-state index is -0.695. The van der Waals surface area contributed by atoms with E-state index in [9.17, 15) is 9.90 Å². The molecule has 1 amide bonds. The highest BCUT2D eigenvalue weighted by molar-refractivity contribution is 5.98. The van der Waals surface area contributed by atoms with Crippen LogP contribution in [-0.2, 0) is 4.74 Å². The fraction of sp³-hybridized carbons (Fsp3) is 0.684. The van der Waals surface area contributed by atoms with Gasteiger partial charge in [0.25, 0.3) is 5.91 Å². The molecule has 25 heavy (non-hydrogen) atoms. The van der Waals surface area contributed by atoms with Crippen LogP contribution in [0.2, 0.25) is 0 Å². The van der Waals surface area contributed by atoms with Crippen molar-refractivity contribution in [3.63, 3.8) is 0 Å². The molecule has 2 fully saturated rings. The Bertz CT molecular complexity index is 616. The fourth-order valence-electron chi connectivity index (χ4n) is 4.22. The van der Waals surface area contributed by atoms with Gasteiger partial charge in [-0.1, -0.05) is 6.92 Å². The molecule has 2 aliphatic heterocycles. The van der Waals surface area contributed by atoms with Crippen LogP contribution in [-0.4, -0.2) is 66.9 Å². The molecule has 0 spiro atoms. The Labute approximate surface area is 149 Å².